The largest absolute Gasteiger partial charge is 0.463 e. The Labute approximate surface area is 286 Å². The van der Waals surface area contributed by atoms with E-state index in [2.05, 4.69) is 41.2 Å². The minimum absolute atomic E-state index is 0.0203. The number of hydrogen-bond donors (Lipinski definition) is 6. The number of ether oxygens (including phenoxy) is 3. The lowest BCUT2D eigenvalue weighted by atomic mass is 9.37. The van der Waals surface area contributed by atoms with Crippen molar-refractivity contribution in [2.75, 3.05) is 6.61 Å². The number of aliphatic hydroxyl groups excluding tert-OH is 6. The predicted octanol–water partition coefficient (Wildman–Crippen LogP) is 3.48. The van der Waals surface area contributed by atoms with Gasteiger partial charge in [0.25, 0.3) is 0 Å². The third kappa shape index (κ3) is 5.13. The molecule has 0 radical (unpaired) electrons. The summed E-state index contributed by atoms with van der Waals surface area (Å²) in [5.74, 6) is 0.480. The topological polar surface area (TPSA) is 166 Å². The highest BCUT2D eigenvalue weighted by molar-refractivity contribution is 5.65. The molecule has 6 aliphatic rings. The molecule has 6 rings (SSSR count). The summed E-state index contributed by atoms with van der Waals surface area (Å²) in [5.41, 5.74) is -0.0788. The number of fused-ring (bicyclic) bond motifs is 3. The predicted molar refractivity (Wildman–Crippen MR) is 177 cm³/mol. The number of carbonyl (C=O) groups is 1. The number of hydrogen-bond acceptors (Lipinski definition) is 10. The van der Waals surface area contributed by atoms with Crippen LogP contribution < -0.4 is 0 Å². The van der Waals surface area contributed by atoms with Crippen LogP contribution in [0.25, 0.3) is 0 Å². The van der Waals surface area contributed by atoms with Gasteiger partial charge in [-0.15, -0.1) is 0 Å². The molecule has 10 nitrogen and oxygen atoms in total. The quantitative estimate of drug-likeness (QED) is 0.121. The first-order valence-electron chi connectivity index (χ1n) is 18.5. The summed E-state index contributed by atoms with van der Waals surface area (Å²) < 4.78 is 18.2. The number of aliphatic hydroxyl groups is 6. The van der Waals surface area contributed by atoms with Gasteiger partial charge in [-0.25, -0.2) is 0 Å². The van der Waals surface area contributed by atoms with Gasteiger partial charge in [0.1, 0.15) is 37.1 Å². The molecule has 0 aromatic rings. The van der Waals surface area contributed by atoms with E-state index >= 15 is 0 Å². The maximum atomic E-state index is 11.6. The molecular weight excluding hydrogens is 616 g/mol. The lowest BCUT2D eigenvalue weighted by Crippen LogP contribution is -2.68. The lowest BCUT2D eigenvalue weighted by Gasteiger charge is -2.69. The molecule has 0 aromatic carbocycles. The molecule has 1 heterocycles. The number of esters is 1. The van der Waals surface area contributed by atoms with Crippen LogP contribution in [0.3, 0.4) is 0 Å². The number of carbonyl (C=O) groups excluding carboxylic acids is 1. The van der Waals surface area contributed by atoms with Crippen molar-refractivity contribution in [3.8, 4) is 0 Å². The SMILES string of the molecule is C=C(C)C(O)C(O)CC(C)[C@@H]1CC[C@]23C[C@]12CC[C@@H]1[C@@]2(C)CC[C@@H](O)C(C)(C)[C@@H]2C[C@@H](O[C@@H]2O[C@H](COC(C)=O)[C@@H](O)[C@H](O)[C@H]2O)[C@]13C. The van der Waals surface area contributed by atoms with Crippen LogP contribution in [-0.2, 0) is 19.0 Å². The Morgan fingerprint density at radius 2 is 1.62 bits per heavy atom. The van der Waals surface area contributed by atoms with Crippen LogP contribution in [-0.4, -0.2) is 98.3 Å². The van der Waals surface area contributed by atoms with Crippen LogP contribution in [0.2, 0.25) is 0 Å². The van der Waals surface area contributed by atoms with Gasteiger partial charge in [-0.05, 0) is 116 Å². The Hall–Kier alpha value is -1.11. The Morgan fingerprint density at radius 3 is 2.27 bits per heavy atom. The van der Waals surface area contributed by atoms with Gasteiger partial charge in [0.2, 0.25) is 0 Å². The molecule has 48 heavy (non-hydrogen) atoms. The normalized spacial score (nSPS) is 50.9. The molecular formula is C38H62O10. The summed E-state index contributed by atoms with van der Waals surface area (Å²) in [6.07, 6.45) is -1.32. The fourth-order valence-electron chi connectivity index (χ4n) is 13.2. The van der Waals surface area contributed by atoms with Gasteiger partial charge in [0, 0.05) is 12.3 Å². The van der Waals surface area contributed by atoms with Crippen LogP contribution in [0.1, 0.15) is 106 Å². The first-order valence-corrected chi connectivity index (χ1v) is 18.5. The molecule has 6 N–H and O–H groups in total. The van der Waals surface area contributed by atoms with Gasteiger partial charge in [-0.2, -0.15) is 0 Å². The second kappa shape index (κ2) is 12.2. The van der Waals surface area contributed by atoms with E-state index in [-0.39, 0.29) is 57.5 Å². The summed E-state index contributed by atoms with van der Waals surface area (Å²) in [6.45, 7) is 18.0. The zero-order valence-electron chi connectivity index (χ0n) is 30.1. The van der Waals surface area contributed by atoms with E-state index in [4.69, 9.17) is 14.2 Å². The molecule has 0 amide bonds. The van der Waals surface area contributed by atoms with E-state index < -0.39 is 55.0 Å². The smallest absolute Gasteiger partial charge is 0.302 e. The summed E-state index contributed by atoms with van der Waals surface area (Å²) in [4.78, 5) is 11.6. The van der Waals surface area contributed by atoms with Gasteiger partial charge in [0.15, 0.2) is 6.29 Å². The molecule has 10 heteroatoms. The molecule has 17 atom stereocenters. The molecule has 0 spiro atoms. The van der Waals surface area contributed by atoms with Crippen LogP contribution in [0, 0.1) is 50.7 Å². The highest BCUT2D eigenvalue weighted by Gasteiger charge is 2.85. The van der Waals surface area contributed by atoms with E-state index in [1.165, 1.54) is 6.92 Å². The summed E-state index contributed by atoms with van der Waals surface area (Å²) in [7, 11) is 0. The zero-order valence-corrected chi connectivity index (χ0v) is 30.1. The molecule has 6 fully saturated rings. The maximum Gasteiger partial charge on any atom is 0.302 e. The van der Waals surface area contributed by atoms with Crippen LogP contribution >= 0.6 is 0 Å². The molecule has 1 aliphatic heterocycles. The summed E-state index contributed by atoms with van der Waals surface area (Å²) in [6, 6.07) is 0. The van der Waals surface area contributed by atoms with Crippen LogP contribution in [0.5, 0.6) is 0 Å². The van der Waals surface area contributed by atoms with Crippen molar-refractivity contribution in [3.63, 3.8) is 0 Å². The lowest BCUT2D eigenvalue weighted by molar-refractivity contribution is -0.344. The van der Waals surface area contributed by atoms with Crippen LogP contribution in [0.15, 0.2) is 12.2 Å². The molecule has 5 aliphatic carbocycles. The van der Waals surface area contributed by atoms with Crippen molar-refractivity contribution in [1.29, 1.82) is 0 Å². The Balaban J connectivity index is 1.35. The second-order valence-corrected chi connectivity index (χ2v) is 18.1. The zero-order chi connectivity index (χ0) is 35.4. The molecule has 274 valence electrons. The Kier molecular flexibility index (Phi) is 9.36. The highest BCUT2D eigenvalue weighted by atomic mass is 16.7. The second-order valence-electron chi connectivity index (χ2n) is 18.1. The molecule has 1 saturated heterocycles. The monoisotopic (exact) mass is 678 g/mol. The fourth-order valence-corrected chi connectivity index (χ4v) is 13.2. The highest BCUT2D eigenvalue weighted by Crippen LogP contribution is 2.91. The summed E-state index contributed by atoms with van der Waals surface area (Å²) >= 11 is 0. The van der Waals surface area contributed by atoms with E-state index in [0.717, 1.165) is 44.9 Å². The van der Waals surface area contributed by atoms with E-state index in [1.807, 2.05) is 0 Å². The van der Waals surface area contributed by atoms with E-state index in [1.54, 1.807) is 6.92 Å². The van der Waals surface area contributed by atoms with Crippen molar-refractivity contribution >= 4 is 5.97 Å². The van der Waals surface area contributed by atoms with Crippen molar-refractivity contribution in [2.24, 2.45) is 50.7 Å². The summed E-state index contributed by atoms with van der Waals surface area (Å²) in [5, 5.41) is 65.6. The van der Waals surface area contributed by atoms with Crippen LogP contribution in [0.4, 0.5) is 0 Å². The third-order valence-corrected chi connectivity index (χ3v) is 15.7. The van der Waals surface area contributed by atoms with Gasteiger partial charge in [-0.1, -0.05) is 41.2 Å². The standard InChI is InChI=1S/C38H62O10/c1-19(2)29(42)23(40)15-20(3)22-9-14-38-18-37(22,38)13-10-25-35(7)12-11-27(41)34(5,6)26(35)16-28(36(25,38)8)48-33-32(45)31(44)30(43)24(47-33)17-46-21(4)39/h20,22-33,40-45H,1,9-18H2,2-8H3/t20?,22-,23?,24+,25+,26-,27+,28+,29?,30+,31-,32+,33-,35+,36-,37+,38+/m0/s1. The molecule has 3 unspecified atom stereocenters. The molecule has 5 saturated carbocycles. The molecule has 0 aromatic heterocycles. The van der Waals surface area contributed by atoms with Gasteiger partial charge < -0.3 is 44.8 Å². The van der Waals surface area contributed by atoms with Crippen molar-refractivity contribution in [3.05, 3.63) is 12.2 Å². The first kappa shape index (κ1) is 36.7. The first-order chi connectivity index (χ1) is 22.3. The van der Waals surface area contributed by atoms with Crippen molar-refractivity contribution in [2.45, 2.75) is 161 Å². The molecule has 0 bridgehead atoms. The fraction of sp³-hybridized carbons (Fsp3) is 0.921. The average Bonchev–Trinajstić information content (AvgIpc) is 3.59. The van der Waals surface area contributed by atoms with Crippen molar-refractivity contribution < 1.29 is 49.6 Å². The van der Waals surface area contributed by atoms with Gasteiger partial charge in [-0.3, -0.25) is 4.79 Å². The van der Waals surface area contributed by atoms with Gasteiger partial charge in [0.05, 0.1) is 18.3 Å². The minimum Gasteiger partial charge on any atom is -0.463 e. The third-order valence-electron chi connectivity index (χ3n) is 15.7. The van der Waals surface area contributed by atoms with Crippen molar-refractivity contribution in [1.82, 2.24) is 0 Å². The number of rotatable bonds is 9. The minimum atomic E-state index is -1.54. The maximum absolute atomic E-state index is 11.6. The van der Waals surface area contributed by atoms with E-state index in [0.29, 0.717) is 24.3 Å². The Morgan fingerprint density at radius 1 is 0.938 bits per heavy atom. The van der Waals surface area contributed by atoms with E-state index in [9.17, 15) is 35.4 Å². The van der Waals surface area contributed by atoms with Gasteiger partial charge >= 0.3 is 5.97 Å². The average molecular weight is 679 g/mol. The Bertz CT molecular complexity index is 1260.